The molecule has 0 spiro atoms. The first-order chi connectivity index (χ1) is 15.8. The van der Waals surface area contributed by atoms with Gasteiger partial charge in [0.1, 0.15) is 17.0 Å². The number of fused-ring (bicyclic) bond motifs is 1. The van der Waals surface area contributed by atoms with Crippen LogP contribution in [0.4, 0.5) is 15.0 Å². The minimum Gasteiger partial charge on any atom is -0.480 e. The largest absolute Gasteiger partial charge is 0.480 e. The third-order valence-corrected chi connectivity index (χ3v) is 6.44. The molecule has 9 nitrogen and oxygen atoms in total. The molecule has 1 aliphatic rings. The fraction of sp³-hybridized carbons (Fsp3) is 0.565. The van der Waals surface area contributed by atoms with Crippen LogP contribution in [-0.4, -0.2) is 64.8 Å². The average Bonchev–Trinajstić information content (AvgIpc) is 2.76. The minimum absolute atomic E-state index is 0.0378. The number of methoxy groups -OCH3 is 1. The second-order valence-corrected chi connectivity index (χ2v) is 9.78. The number of anilines is 1. The summed E-state index contributed by atoms with van der Waals surface area (Å²) in [6, 6.07) is 0. The van der Waals surface area contributed by atoms with Gasteiger partial charge < -0.3 is 20.1 Å². The number of aromatic nitrogens is 2. The number of piperazine rings is 1. The van der Waals surface area contributed by atoms with Gasteiger partial charge in [-0.25, -0.2) is 14.2 Å². The number of aryl methyl sites for hydroxylation is 2. The highest BCUT2D eigenvalue weighted by Gasteiger charge is 2.49. The van der Waals surface area contributed by atoms with E-state index in [0.29, 0.717) is 29.0 Å². The van der Waals surface area contributed by atoms with Crippen molar-refractivity contribution < 1.29 is 23.5 Å². The summed E-state index contributed by atoms with van der Waals surface area (Å²) in [7, 11) is 1.41. The van der Waals surface area contributed by atoms with Crippen LogP contribution in [-0.2, 0) is 9.53 Å². The molecule has 0 bridgehead atoms. The Bertz CT molecular complexity index is 1140. The van der Waals surface area contributed by atoms with Crippen LogP contribution in [0.15, 0.2) is 0 Å². The highest BCUT2D eigenvalue weighted by molar-refractivity contribution is 6.30. The lowest BCUT2D eigenvalue weighted by Crippen LogP contribution is -2.69. The number of amides is 2. The molecule has 2 aromatic rings. The second kappa shape index (κ2) is 9.05. The summed E-state index contributed by atoms with van der Waals surface area (Å²) < 4.78 is 26.1. The van der Waals surface area contributed by atoms with Crippen molar-refractivity contribution in [3.05, 3.63) is 22.2 Å². The van der Waals surface area contributed by atoms with E-state index in [2.05, 4.69) is 4.98 Å². The summed E-state index contributed by atoms with van der Waals surface area (Å²) in [4.78, 5) is 37.7. The molecule has 34 heavy (non-hydrogen) atoms. The van der Waals surface area contributed by atoms with E-state index in [1.165, 1.54) is 12.0 Å². The zero-order chi connectivity index (χ0) is 25.6. The molecule has 3 rings (SSSR count). The summed E-state index contributed by atoms with van der Waals surface area (Å²) >= 11 is 6.03. The van der Waals surface area contributed by atoms with Crippen molar-refractivity contribution in [2.45, 2.75) is 59.1 Å². The van der Waals surface area contributed by atoms with Gasteiger partial charge in [-0.15, -0.1) is 0 Å². The number of halogens is 2. The van der Waals surface area contributed by atoms with Crippen LogP contribution in [0.3, 0.4) is 0 Å². The van der Waals surface area contributed by atoms with Crippen LogP contribution in [0.2, 0.25) is 5.15 Å². The molecule has 0 radical (unpaired) electrons. The van der Waals surface area contributed by atoms with Gasteiger partial charge >= 0.3 is 6.09 Å². The van der Waals surface area contributed by atoms with E-state index in [4.69, 9.17) is 31.8 Å². The number of hydrogen-bond donors (Lipinski definition) is 1. The first-order valence-corrected chi connectivity index (χ1v) is 11.4. The van der Waals surface area contributed by atoms with Crippen molar-refractivity contribution in [3.63, 3.8) is 0 Å². The van der Waals surface area contributed by atoms with E-state index in [9.17, 15) is 9.59 Å². The molecule has 186 valence electrons. The molecular formula is C23H31ClFN5O4. The Morgan fingerprint density at radius 1 is 1.21 bits per heavy atom. The summed E-state index contributed by atoms with van der Waals surface area (Å²) in [5, 5.41) is 0.279. The normalized spacial score (nSPS) is 18.9. The van der Waals surface area contributed by atoms with Crippen molar-refractivity contribution >= 4 is 40.2 Å². The predicted molar refractivity (Wildman–Crippen MR) is 128 cm³/mol. The molecule has 2 aromatic heterocycles. The molecule has 0 aliphatic carbocycles. The third kappa shape index (κ3) is 4.31. The maximum absolute atomic E-state index is 15.1. The van der Waals surface area contributed by atoms with Gasteiger partial charge in [-0.2, -0.15) is 4.98 Å². The Balaban J connectivity index is 2.18. The van der Waals surface area contributed by atoms with Gasteiger partial charge in [0, 0.05) is 24.2 Å². The Kier molecular flexibility index (Phi) is 6.85. The zero-order valence-corrected chi connectivity index (χ0v) is 21.3. The smallest absolute Gasteiger partial charge is 0.411 e. The van der Waals surface area contributed by atoms with Crippen LogP contribution in [0.1, 0.15) is 45.4 Å². The number of pyridine rings is 2. The van der Waals surface area contributed by atoms with Gasteiger partial charge in [-0.05, 0) is 46.6 Å². The number of rotatable bonds is 4. The molecule has 1 fully saturated rings. The summed E-state index contributed by atoms with van der Waals surface area (Å²) in [6.45, 7) is 11.0. The highest BCUT2D eigenvalue weighted by Crippen LogP contribution is 2.40. The molecule has 0 unspecified atom stereocenters. The van der Waals surface area contributed by atoms with E-state index in [1.54, 1.807) is 46.4 Å². The summed E-state index contributed by atoms with van der Waals surface area (Å²) in [5.74, 6) is -0.854. The van der Waals surface area contributed by atoms with E-state index in [0.717, 1.165) is 0 Å². The van der Waals surface area contributed by atoms with Crippen LogP contribution in [0, 0.1) is 19.7 Å². The number of nitrogens with zero attached hydrogens (tertiary/aromatic N) is 4. The van der Waals surface area contributed by atoms with Crippen LogP contribution in [0.25, 0.3) is 10.8 Å². The average molecular weight is 496 g/mol. The van der Waals surface area contributed by atoms with Crippen molar-refractivity contribution in [2.24, 2.45) is 5.73 Å². The summed E-state index contributed by atoms with van der Waals surface area (Å²) in [6.07, 6.45) is -0.376. The van der Waals surface area contributed by atoms with Crippen molar-refractivity contribution in [3.8, 4) is 5.88 Å². The Morgan fingerprint density at radius 2 is 1.85 bits per heavy atom. The molecule has 2 amide bonds. The summed E-state index contributed by atoms with van der Waals surface area (Å²) in [5.41, 5.74) is 4.94. The number of ether oxygens (including phenoxy) is 2. The van der Waals surface area contributed by atoms with Gasteiger partial charge in [0.05, 0.1) is 19.0 Å². The predicted octanol–water partition coefficient (Wildman–Crippen LogP) is 3.74. The molecule has 1 atom stereocenters. The fourth-order valence-corrected chi connectivity index (χ4v) is 4.47. The highest BCUT2D eigenvalue weighted by atomic mass is 35.5. The SMILES string of the molecule is CC[C@]1(C(N)=O)CN(c2nc(C)c(C)c3c(F)c(Cl)nc(OC)c23)CCN1C(=O)OC(C)(C)C. The number of primary amides is 1. The van der Waals surface area contributed by atoms with Crippen molar-refractivity contribution in [1.82, 2.24) is 14.9 Å². The molecule has 11 heteroatoms. The second-order valence-electron chi connectivity index (χ2n) is 9.42. The van der Waals surface area contributed by atoms with Crippen molar-refractivity contribution in [2.75, 3.05) is 31.6 Å². The number of hydrogen-bond acceptors (Lipinski definition) is 7. The Hall–Kier alpha value is -2.88. The van der Waals surface area contributed by atoms with Gasteiger partial charge in [-0.1, -0.05) is 18.5 Å². The van der Waals surface area contributed by atoms with Crippen LogP contribution < -0.4 is 15.4 Å². The van der Waals surface area contributed by atoms with Crippen molar-refractivity contribution in [1.29, 1.82) is 0 Å². The molecule has 0 aromatic carbocycles. The minimum atomic E-state index is -1.36. The molecule has 0 saturated carbocycles. The van der Waals surface area contributed by atoms with E-state index < -0.39 is 29.0 Å². The van der Waals surface area contributed by atoms with Crippen LogP contribution in [0.5, 0.6) is 5.88 Å². The first kappa shape index (κ1) is 25.7. The molecule has 1 aliphatic heterocycles. The van der Waals surface area contributed by atoms with Gasteiger partial charge in [0.15, 0.2) is 11.0 Å². The van der Waals surface area contributed by atoms with Gasteiger partial charge in [0.25, 0.3) is 0 Å². The number of carbonyl (C=O) groups excluding carboxylic acids is 2. The quantitative estimate of drug-likeness (QED) is 0.643. The maximum atomic E-state index is 15.1. The van der Waals surface area contributed by atoms with E-state index >= 15 is 4.39 Å². The monoisotopic (exact) mass is 495 g/mol. The number of nitrogens with two attached hydrogens (primary N) is 1. The molecule has 1 saturated heterocycles. The zero-order valence-electron chi connectivity index (χ0n) is 20.6. The van der Waals surface area contributed by atoms with Gasteiger partial charge in [-0.3, -0.25) is 9.69 Å². The molecular weight excluding hydrogens is 465 g/mol. The van der Waals surface area contributed by atoms with E-state index in [1.807, 2.05) is 0 Å². The molecule has 2 N–H and O–H groups in total. The lowest BCUT2D eigenvalue weighted by molar-refractivity contribution is -0.131. The Labute approximate surface area is 203 Å². The number of carbonyl (C=O) groups is 2. The lowest BCUT2D eigenvalue weighted by Gasteiger charge is -2.48. The topological polar surface area (TPSA) is 111 Å². The third-order valence-electron chi connectivity index (χ3n) is 6.19. The standard InChI is InChI=1S/C23H31ClFN5O4/c1-8-23(20(26)31)11-29(9-10-30(23)21(32)34-22(4,5)6)18-15-14(12(2)13(3)27-18)16(25)17(24)28-19(15)33-7/h8-11H2,1-7H3,(H2,26,31)/t23-/m1/s1. The maximum Gasteiger partial charge on any atom is 0.411 e. The molecule has 3 heterocycles. The van der Waals surface area contributed by atoms with Crippen LogP contribution >= 0.6 is 11.6 Å². The first-order valence-electron chi connectivity index (χ1n) is 11.0. The van der Waals surface area contributed by atoms with E-state index in [-0.39, 0.29) is 35.9 Å². The Morgan fingerprint density at radius 3 is 2.38 bits per heavy atom. The fourth-order valence-electron chi connectivity index (χ4n) is 4.30. The van der Waals surface area contributed by atoms with Gasteiger partial charge in [0.2, 0.25) is 11.8 Å². The lowest BCUT2D eigenvalue weighted by atomic mass is 9.89.